The molecular formula is C26H16BrF5O6. The van der Waals surface area contributed by atoms with Crippen molar-refractivity contribution >= 4 is 33.8 Å². The number of fused-ring (bicyclic) bond motifs is 1. The number of benzene rings is 3. The monoisotopic (exact) mass is 598 g/mol. The van der Waals surface area contributed by atoms with Crippen LogP contribution in [0.15, 0.2) is 40.6 Å². The number of hydrogen-bond donors (Lipinski definition) is 0. The molecule has 0 radical (unpaired) electrons. The fourth-order valence-corrected chi connectivity index (χ4v) is 3.99. The van der Waals surface area contributed by atoms with Crippen LogP contribution in [0, 0.1) is 36.0 Å². The first-order valence-electron chi connectivity index (χ1n) is 10.7. The average Bonchev–Trinajstić information content (AvgIpc) is 3.19. The lowest BCUT2D eigenvalue weighted by molar-refractivity contribution is -0.141. The predicted octanol–water partition coefficient (Wildman–Crippen LogP) is 6.45. The number of carbonyl (C=O) groups excluding carboxylic acids is 2. The zero-order valence-corrected chi connectivity index (χ0v) is 21.3. The molecule has 1 aliphatic heterocycles. The van der Waals surface area contributed by atoms with Crippen molar-refractivity contribution in [2.45, 2.75) is 20.0 Å². The van der Waals surface area contributed by atoms with Crippen molar-refractivity contribution in [2.24, 2.45) is 0 Å². The molecule has 0 fully saturated rings. The van der Waals surface area contributed by atoms with Gasteiger partial charge in [-0.15, -0.1) is 0 Å². The van der Waals surface area contributed by atoms with Crippen LogP contribution in [0.4, 0.5) is 22.0 Å². The fourth-order valence-electron chi connectivity index (χ4n) is 3.61. The van der Waals surface area contributed by atoms with Crippen LogP contribution in [-0.2, 0) is 4.79 Å². The largest absolute Gasteiger partial charge is 0.496 e. The van der Waals surface area contributed by atoms with E-state index in [1.54, 1.807) is 25.1 Å². The number of methoxy groups -OCH3 is 1. The van der Waals surface area contributed by atoms with Crippen molar-refractivity contribution in [1.82, 2.24) is 0 Å². The zero-order chi connectivity index (χ0) is 27.9. The van der Waals surface area contributed by atoms with Crippen LogP contribution in [0.25, 0.3) is 6.08 Å². The van der Waals surface area contributed by atoms with Crippen molar-refractivity contribution in [3.05, 3.63) is 86.3 Å². The Morgan fingerprint density at radius 1 is 1.00 bits per heavy atom. The van der Waals surface area contributed by atoms with Gasteiger partial charge in [0, 0.05) is 16.1 Å². The molecule has 38 heavy (non-hydrogen) atoms. The molecule has 1 atom stereocenters. The minimum Gasteiger partial charge on any atom is -0.496 e. The normalized spacial score (nSPS) is 14.2. The first kappa shape index (κ1) is 27.1. The summed E-state index contributed by atoms with van der Waals surface area (Å²) in [5.74, 6) is -14.1. The summed E-state index contributed by atoms with van der Waals surface area (Å²) in [6.07, 6.45) is -0.296. The highest BCUT2D eigenvalue weighted by Crippen LogP contribution is 2.39. The third-order valence-corrected chi connectivity index (χ3v) is 5.93. The SMILES string of the molecule is COc1ccc(Br)cc1/C=C1\Oc2cc(OC(=O)C(C)Oc3c(F)c(F)c(F)c(F)c3F)cc(C)c2C1=O. The number of Topliss-reactive ketones (excluding diaryl/α,β-unsaturated/α-hetero) is 1. The topological polar surface area (TPSA) is 71.1 Å². The summed E-state index contributed by atoms with van der Waals surface area (Å²) in [7, 11) is 1.47. The number of allylic oxidation sites excluding steroid dienone is 1. The van der Waals surface area contributed by atoms with Gasteiger partial charge in [0.25, 0.3) is 0 Å². The van der Waals surface area contributed by atoms with Gasteiger partial charge in [-0.2, -0.15) is 8.78 Å². The maximum atomic E-state index is 13.9. The molecule has 3 aromatic rings. The number of rotatable bonds is 6. The van der Waals surface area contributed by atoms with Gasteiger partial charge in [0.1, 0.15) is 17.2 Å². The molecule has 12 heteroatoms. The Bertz CT molecular complexity index is 1490. The van der Waals surface area contributed by atoms with Crippen molar-refractivity contribution < 1.29 is 50.5 Å². The minimum absolute atomic E-state index is 0.0222. The molecule has 0 spiro atoms. The molecule has 0 amide bonds. The predicted molar refractivity (Wildman–Crippen MR) is 127 cm³/mol. The second-order valence-electron chi connectivity index (χ2n) is 8.02. The number of ether oxygens (including phenoxy) is 4. The molecule has 198 valence electrons. The number of aryl methyl sites for hydroxylation is 1. The Hall–Kier alpha value is -3.93. The van der Waals surface area contributed by atoms with E-state index in [9.17, 15) is 31.5 Å². The van der Waals surface area contributed by atoms with Crippen LogP contribution in [0.3, 0.4) is 0 Å². The molecule has 1 heterocycles. The molecule has 0 aliphatic carbocycles. The van der Waals surface area contributed by atoms with Gasteiger partial charge in [-0.05, 0) is 49.8 Å². The highest BCUT2D eigenvalue weighted by molar-refractivity contribution is 9.10. The van der Waals surface area contributed by atoms with E-state index in [2.05, 4.69) is 15.9 Å². The van der Waals surface area contributed by atoms with Crippen molar-refractivity contribution in [3.63, 3.8) is 0 Å². The van der Waals surface area contributed by atoms with Gasteiger partial charge in [0.2, 0.25) is 34.9 Å². The van der Waals surface area contributed by atoms with Gasteiger partial charge in [-0.3, -0.25) is 4.79 Å². The lowest BCUT2D eigenvalue weighted by Crippen LogP contribution is -2.29. The Morgan fingerprint density at radius 3 is 2.26 bits per heavy atom. The van der Waals surface area contributed by atoms with Gasteiger partial charge < -0.3 is 18.9 Å². The molecular weight excluding hydrogens is 583 g/mol. The molecule has 0 saturated heterocycles. The van der Waals surface area contributed by atoms with E-state index in [0.717, 1.165) is 11.4 Å². The van der Waals surface area contributed by atoms with Gasteiger partial charge in [0.05, 0.1) is 12.7 Å². The van der Waals surface area contributed by atoms with E-state index >= 15 is 0 Å². The summed E-state index contributed by atoms with van der Waals surface area (Å²) in [6.45, 7) is 2.56. The molecule has 1 aliphatic rings. The molecule has 4 rings (SSSR count). The quantitative estimate of drug-likeness (QED) is 0.0811. The summed E-state index contributed by atoms with van der Waals surface area (Å²) in [4.78, 5) is 25.4. The number of carbonyl (C=O) groups is 2. The lowest BCUT2D eigenvalue weighted by Gasteiger charge is -2.16. The van der Waals surface area contributed by atoms with E-state index in [1.165, 1.54) is 25.3 Å². The summed E-state index contributed by atoms with van der Waals surface area (Å²) in [6, 6.07) is 7.75. The van der Waals surface area contributed by atoms with Crippen molar-refractivity contribution in [1.29, 1.82) is 0 Å². The van der Waals surface area contributed by atoms with E-state index < -0.39 is 52.7 Å². The summed E-state index contributed by atoms with van der Waals surface area (Å²) in [5, 5.41) is 0. The standard InChI is InChI=1S/C26H16BrF5O6/c1-10-6-14(37-26(34)11(2)36-25-22(31)20(29)19(28)21(30)23(25)32)9-16-18(10)24(33)17(38-16)8-12-7-13(27)4-5-15(12)35-3/h4-9,11H,1-3H3/b17-8-. The minimum atomic E-state index is -2.36. The second kappa shape index (κ2) is 10.4. The van der Waals surface area contributed by atoms with E-state index in [4.69, 9.17) is 18.9 Å². The third-order valence-electron chi connectivity index (χ3n) is 5.44. The molecule has 0 N–H and O–H groups in total. The highest BCUT2D eigenvalue weighted by atomic mass is 79.9. The van der Waals surface area contributed by atoms with Gasteiger partial charge in [0.15, 0.2) is 17.6 Å². The first-order chi connectivity index (χ1) is 17.9. The van der Waals surface area contributed by atoms with Gasteiger partial charge >= 0.3 is 5.97 Å². The third kappa shape index (κ3) is 4.95. The highest BCUT2D eigenvalue weighted by Gasteiger charge is 2.32. The molecule has 0 bridgehead atoms. The molecule has 0 saturated carbocycles. The smallest absolute Gasteiger partial charge is 0.352 e. The lowest BCUT2D eigenvalue weighted by atomic mass is 10.0. The van der Waals surface area contributed by atoms with E-state index in [-0.39, 0.29) is 22.8 Å². The van der Waals surface area contributed by atoms with Crippen molar-refractivity contribution in [3.8, 4) is 23.0 Å². The van der Waals surface area contributed by atoms with Crippen molar-refractivity contribution in [2.75, 3.05) is 7.11 Å². The Morgan fingerprint density at radius 2 is 1.63 bits per heavy atom. The maximum absolute atomic E-state index is 13.9. The fraction of sp³-hybridized carbons (Fsp3) is 0.154. The van der Waals surface area contributed by atoms with Gasteiger partial charge in [-0.1, -0.05) is 15.9 Å². The first-order valence-corrected chi connectivity index (χ1v) is 11.5. The van der Waals surface area contributed by atoms with Gasteiger partial charge in [-0.25, -0.2) is 18.0 Å². The van der Waals surface area contributed by atoms with Crippen LogP contribution in [0.5, 0.6) is 23.0 Å². The van der Waals surface area contributed by atoms with Crippen LogP contribution in [0.1, 0.15) is 28.4 Å². The number of esters is 1. The zero-order valence-electron chi connectivity index (χ0n) is 19.8. The van der Waals surface area contributed by atoms with Crippen LogP contribution < -0.4 is 18.9 Å². The summed E-state index contributed by atoms with van der Waals surface area (Å²) in [5.41, 5.74) is 1.16. The van der Waals surface area contributed by atoms with Crippen LogP contribution in [-0.4, -0.2) is 25.0 Å². The molecule has 0 aromatic heterocycles. The van der Waals surface area contributed by atoms with E-state index in [1.807, 2.05) is 0 Å². The average molecular weight is 599 g/mol. The van der Waals surface area contributed by atoms with E-state index in [0.29, 0.717) is 16.9 Å². The maximum Gasteiger partial charge on any atom is 0.352 e. The second-order valence-corrected chi connectivity index (χ2v) is 8.94. The summed E-state index contributed by atoms with van der Waals surface area (Å²) >= 11 is 3.35. The Balaban J connectivity index is 1.56. The Kier molecular flexibility index (Phi) is 7.45. The number of hydrogen-bond acceptors (Lipinski definition) is 6. The number of ketones is 1. The van der Waals surface area contributed by atoms with Crippen LogP contribution in [0.2, 0.25) is 0 Å². The van der Waals surface area contributed by atoms with Crippen LogP contribution >= 0.6 is 15.9 Å². The Labute approximate surface area is 220 Å². The molecule has 3 aromatic carbocycles. The molecule has 1 unspecified atom stereocenters. The summed E-state index contributed by atoms with van der Waals surface area (Å²) < 4.78 is 89.4. The number of halogens is 6. The molecule has 6 nitrogen and oxygen atoms in total.